The van der Waals surface area contributed by atoms with Gasteiger partial charge in [0.2, 0.25) is 0 Å². The molecule has 3 aromatic rings. The first kappa shape index (κ1) is 19.2. The van der Waals surface area contributed by atoms with Gasteiger partial charge in [0.25, 0.3) is 5.91 Å². The Balaban J connectivity index is 1.77. The number of hydrogen-bond acceptors (Lipinski definition) is 9. The smallest absolute Gasteiger partial charge is 0.252 e. The summed E-state index contributed by atoms with van der Waals surface area (Å²) in [4.78, 5) is 29.6. The number of nitrogens with one attached hydrogen (secondary N) is 2. The average Bonchev–Trinajstić information content (AvgIpc) is 3.29. The lowest BCUT2D eigenvalue weighted by molar-refractivity contribution is -0.137. The van der Waals surface area contributed by atoms with Crippen LogP contribution in [-0.2, 0) is 9.53 Å². The van der Waals surface area contributed by atoms with Crippen molar-refractivity contribution in [3.63, 3.8) is 0 Å². The Morgan fingerprint density at radius 3 is 2.83 bits per heavy atom. The molecule has 4 atom stereocenters. The topological polar surface area (TPSA) is 147 Å². The summed E-state index contributed by atoms with van der Waals surface area (Å²) in [5.41, 5.74) is 1.55. The number of fused-ring (bicyclic) bond motifs is 1. The molecule has 4 N–H and O–H groups in total. The quantitative estimate of drug-likeness (QED) is 0.453. The Labute approximate surface area is 165 Å². The van der Waals surface area contributed by atoms with Crippen LogP contribution in [0, 0.1) is 0 Å². The Kier molecular flexibility index (Phi) is 5.09. The van der Waals surface area contributed by atoms with Crippen LogP contribution in [0.15, 0.2) is 30.9 Å². The third-order valence-corrected chi connectivity index (χ3v) is 4.70. The highest BCUT2D eigenvalue weighted by atomic mass is 16.6. The molecule has 4 heterocycles. The predicted octanol–water partition coefficient (Wildman–Crippen LogP) is -0.315. The monoisotopic (exact) mass is 399 g/mol. The lowest BCUT2D eigenvalue weighted by Crippen LogP contribution is -2.42. The summed E-state index contributed by atoms with van der Waals surface area (Å²) in [6.07, 6.45) is -0.232. The molecule has 0 radical (unpaired) electrons. The van der Waals surface area contributed by atoms with Crippen LogP contribution in [-0.4, -0.2) is 72.5 Å². The number of aliphatic hydroxyl groups excluding tert-OH is 2. The van der Waals surface area contributed by atoms with Crippen LogP contribution in [0.4, 0.5) is 5.82 Å². The zero-order valence-corrected chi connectivity index (χ0v) is 15.9. The second kappa shape index (κ2) is 7.70. The van der Waals surface area contributed by atoms with Gasteiger partial charge in [0, 0.05) is 31.5 Å². The molecule has 0 saturated carbocycles. The largest absolute Gasteiger partial charge is 0.387 e. The van der Waals surface area contributed by atoms with Crippen molar-refractivity contribution < 1.29 is 19.7 Å². The number of nitrogens with zero attached hydrogens (tertiary/aromatic N) is 5. The van der Waals surface area contributed by atoms with Crippen molar-refractivity contribution in [3.8, 4) is 11.4 Å². The number of carbonyl (C=O) groups excluding carboxylic acids is 1. The molecule has 0 aromatic carbocycles. The minimum absolute atomic E-state index is 0.382. The highest BCUT2D eigenvalue weighted by molar-refractivity contribution is 5.85. The number of likely N-dealkylation sites (N-methyl/N-ethyl adjacent to an activating group) is 1. The van der Waals surface area contributed by atoms with E-state index >= 15 is 0 Å². The van der Waals surface area contributed by atoms with E-state index in [2.05, 4.69) is 30.6 Å². The predicted molar refractivity (Wildman–Crippen MR) is 103 cm³/mol. The first-order valence-corrected chi connectivity index (χ1v) is 9.17. The van der Waals surface area contributed by atoms with E-state index in [9.17, 15) is 15.0 Å². The molecule has 1 aliphatic rings. The van der Waals surface area contributed by atoms with Crippen LogP contribution in [0.2, 0.25) is 0 Å². The molecule has 11 heteroatoms. The SMILES string of the molecule is CCNC(=O)[C@H]1O[C@@H](n2cnc3c(NC)nc(-c4cccnc4)nc32)[C@H](O)[C@@H]1O. The minimum Gasteiger partial charge on any atom is -0.387 e. The van der Waals surface area contributed by atoms with E-state index in [0.717, 1.165) is 0 Å². The molecule has 1 fully saturated rings. The fourth-order valence-corrected chi connectivity index (χ4v) is 3.28. The second-order valence-corrected chi connectivity index (χ2v) is 6.53. The molecule has 0 bridgehead atoms. The molecule has 1 aliphatic heterocycles. The van der Waals surface area contributed by atoms with Gasteiger partial charge in [0.1, 0.15) is 12.2 Å². The van der Waals surface area contributed by atoms with Gasteiger partial charge in [-0.05, 0) is 19.1 Å². The number of amides is 1. The van der Waals surface area contributed by atoms with Crippen LogP contribution in [0.3, 0.4) is 0 Å². The second-order valence-electron chi connectivity index (χ2n) is 6.53. The molecule has 1 amide bonds. The van der Waals surface area contributed by atoms with E-state index in [-0.39, 0.29) is 0 Å². The molecule has 11 nitrogen and oxygen atoms in total. The van der Waals surface area contributed by atoms with Gasteiger partial charge in [0.05, 0.1) is 6.33 Å². The highest BCUT2D eigenvalue weighted by Gasteiger charge is 2.47. The van der Waals surface area contributed by atoms with E-state index < -0.39 is 30.4 Å². The number of ether oxygens (including phenoxy) is 1. The molecule has 0 unspecified atom stereocenters. The summed E-state index contributed by atoms with van der Waals surface area (Å²) in [6.45, 7) is 2.14. The maximum absolute atomic E-state index is 12.1. The van der Waals surface area contributed by atoms with Crippen molar-refractivity contribution in [3.05, 3.63) is 30.9 Å². The average molecular weight is 399 g/mol. The van der Waals surface area contributed by atoms with Crippen LogP contribution in [0.5, 0.6) is 0 Å². The molecule has 0 spiro atoms. The highest BCUT2D eigenvalue weighted by Crippen LogP contribution is 2.33. The molecule has 1 saturated heterocycles. The van der Waals surface area contributed by atoms with Gasteiger partial charge < -0.3 is 25.6 Å². The third kappa shape index (κ3) is 3.28. The van der Waals surface area contributed by atoms with Gasteiger partial charge >= 0.3 is 0 Å². The van der Waals surface area contributed by atoms with E-state index in [0.29, 0.717) is 34.9 Å². The molecule has 4 rings (SSSR count). The van der Waals surface area contributed by atoms with Crippen LogP contribution >= 0.6 is 0 Å². The Hall–Kier alpha value is -3.15. The first-order chi connectivity index (χ1) is 14.0. The third-order valence-electron chi connectivity index (χ3n) is 4.70. The summed E-state index contributed by atoms with van der Waals surface area (Å²) in [7, 11) is 1.71. The lowest BCUT2D eigenvalue weighted by Gasteiger charge is -2.17. The minimum atomic E-state index is -1.38. The van der Waals surface area contributed by atoms with Crippen molar-refractivity contribution in [2.45, 2.75) is 31.5 Å². The summed E-state index contributed by atoms with van der Waals surface area (Å²) in [5.74, 6) is 0.401. The van der Waals surface area contributed by atoms with Gasteiger partial charge in [0.15, 0.2) is 35.1 Å². The van der Waals surface area contributed by atoms with E-state index in [1.165, 1.54) is 10.9 Å². The number of carbonyl (C=O) groups is 1. The van der Waals surface area contributed by atoms with E-state index in [4.69, 9.17) is 4.74 Å². The van der Waals surface area contributed by atoms with Gasteiger partial charge in [-0.25, -0.2) is 15.0 Å². The van der Waals surface area contributed by atoms with Gasteiger partial charge in [-0.15, -0.1) is 0 Å². The van der Waals surface area contributed by atoms with E-state index in [1.54, 1.807) is 32.4 Å². The maximum atomic E-state index is 12.1. The molecule has 152 valence electrons. The summed E-state index contributed by atoms with van der Waals surface area (Å²) in [5, 5.41) is 26.4. The number of anilines is 1. The van der Waals surface area contributed by atoms with E-state index in [1.807, 2.05) is 6.07 Å². The van der Waals surface area contributed by atoms with Crippen LogP contribution < -0.4 is 10.6 Å². The fourth-order valence-electron chi connectivity index (χ4n) is 3.28. The van der Waals surface area contributed by atoms with Crippen molar-refractivity contribution in [1.29, 1.82) is 0 Å². The Bertz CT molecular complexity index is 1030. The van der Waals surface area contributed by atoms with Crippen molar-refractivity contribution in [2.24, 2.45) is 0 Å². The number of hydrogen-bond donors (Lipinski definition) is 4. The molecule has 3 aromatic heterocycles. The molecular weight excluding hydrogens is 378 g/mol. The fraction of sp³-hybridized carbons (Fsp3) is 0.389. The number of imidazole rings is 1. The van der Waals surface area contributed by atoms with Crippen molar-refractivity contribution in [1.82, 2.24) is 29.8 Å². The zero-order valence-electron chi connectivity index (χ0n) is 15.9. The normalized spacial score (nSPS) is 24.0. The van der Waals surface area contributed by atoms with Crippen molar-refractivity contribution >= 4 is 22.9 Å². The number of aliphatic hydroxyl groups is 2. The Morgan fingerprint density at radius 2 is 2.14 bits per heavy atom. The summed E-state index contributed by atoms with van der Waals surface area (Å²) in [6, 6.07) is 3.60. The van der Waals surface area contributed by atoms with Crippen LogP contribution in [0.1, 0.15) is 13.2 Å². The number of rotatable bonds is 5. The van der Waals surface area contributed by atoms with Crippen molar-refractivity contribution in [2.75, 3.05) is 18.9 Å². The number of pyridine rings is 1. The lowest BCUT2D eigenvalue weighted by atomic mass is 10.1. The molecule has 0 aliphatic carbocycles. The van der Waals surface area contributed by atoms with Gasteiger partial charge in [-0.1, -0.05) is 0 Å². The summed E-state index contributed by atoms with van der Waals surface area (Å²) >= 11 is 0. The Morgan fingerprint density at radius 1 is 1.31 bits per heavy atom. The standard InChI is InChI=1S/C18H21N7O4/c1-3-21-17(28)13-11(26)12(27)18(29-13)25-8-22-10-15(19-2)23-14(24-16(10)25)9-5-4-6-20-7-9/h4-8,11-13,18,26-27H,3H2,1-2H3,(H,21,28)(H,19,23,24)/t11-,12+,13-,18+/m0/s1. The van der Waals surface area contributed by atoms with Gasteiger partial charge in [-0.2, -0.15) is 0 Å². The number of aromatic nitrogens is 5. The maximum Gasteiger partial charge on any atom is 0.252 e. The first-order valence-electron chi connectivity index (χ1n) is 9.17. The van der Waals surface area contributed by atoms with Crippen LogP contribution in [0.25, 0.3) is 22.6 Å². The van der Waals surface area contributed by atoms with Gasteiger partial charge in [-0.3, -0.25) is 14.3 Å². The summed E-state index contributed by atoms with van der Waals surface area (Å²) < 4.78 is 7.18. The molecule has 29 heavy (non-hydrogen) atoms. The molecular formula is C18H21N7O4. The zero-order chi connectivity index (χ0) is 20.5.